The van der Waals surface area contributed by atoms with Crippen LogP contribution < -0.4 is 5.73 Å². The van der Waals surface area contributed by atoms with Crippen molar-refractivity contribution in [2.45, 2.75) is 14.8 Å². The van der Waals surface area contributed by atoms with Gasteiger partial charge in [0.25, 0.3) is 0 Å². The zero-order valence-electron chi connectivity index (χ0n) is 10.8. The van der Waals surface area contributed by atoms with Gasteiger partial charge < -0.3 is 5.73 Å². The molecule has 1 heterocycles. The topological polar surface area (TPSA) is 129 Å². The summed E-state index contributed by atoms with van der Waals surface area (Å²) in [6.45, 7) is 0. The highest BCUT2D eigenvalue weighted by Gasteiger charge is 2.18. The molecule has 110 valence electrons. The van der Waals surface area contributed by atoms with Crippen LogP contribution in [0.25, 0.3) is 0 Å². The molecule has 2 rings (SSSR count). The molecule has 1 aromatic carbocycles. The molecular formula is C11H10N4O4S2. The van der Waals surface area contributed by atoms with Gasteiger partial charge in [0.1, 0.15) is 6.20 Å². The van der Waals surface area contributed by atoms with Crippen molar-refractivity contribution in [2.75, 3.05) is 12.0 Å². The minimum Gasteiger partial charge on any atom is -0.368 e. The Balaban J connectivity index is 2.34. The van der Waals surface area contributed by atoms with E-state index in [1.54, 1.807) is 12.1 Å². The highest BCUT2D eigenvalue weighted by atomic mass is 32.2. The van der Waals surface area contributed by atoms with E-state index in [4.69, 9.17) is 5.73 Å². The van der Waals surface area contributed by atoms with Crippen molar-refractivity contribution >= 4 is 33.2 Å². The number of rotatable bonds is 4. The van der Waals surface area contributed by atoms with Gasteiger partial charge in [0.15, 0.2) is 14.9 Å². The van der Waals surface area contributed by atoms with Crippen molar-refractivity contribution in [1.29, 1.82) is 0 Å². The van der Waals surface area contributed by atoms with E-state index in [1.165, 1.54) is 12.1 Å². The van der Waals surface area contributed by atoms with Crippen molar-refractivity contribution in [3.63, 3.8) is 0 Å². The van der Waals surface area contributed by atoms with Gasteiger partial charge >= 0.3 is 5.69 Å². The monoisotopic (exact) mass is 326 g/mol. The van der Waals surface area contributed by atoms with Crippen LogP contribution in [-0.4, -0.2) is 29.6 Å². The molecule has 2 N–H and O–H groups in total. The number of nitro groups is 1. The second kappa shape index (κ2) is 5.66. The van der Waals surface area contributed by atoms with Gasteiger partial charge in [-0.3, -0.25) is 10.1 Å². The lowest BCUT2D eigenvalue weighted by atomic mass is 10.4. The predicted octanol–water partition coefficient (Wildman–Crippen LogP) is 1.52. The quantitative estimate of drug-likeness (QED) is 0.508. The highest BCUT2D eigenvalue weighted by molar-refractivity contribution is 7.99. The van der Waals surface area contributed by atoms with Crippen LogP contribution in [0.3, 0.4) is 0 Å². The summed E-state index contributed by atoms with van der Waals surface area (Å²) < 4.78 is 22.7. The molecule has 0 radical (unpaired) electrons. The Morgan fingerprint density at radius 2 is 1.90 bits per heavy atom. The molecule has 0 aliphatic heterocycles. The fraction of sp³-hybridized carbons (Fsp3) is 0.0909. The standard InChI is InChI=1S/C11H10N4O4S2/c1-21(18,19)8-4-2-7(3-5-8)20-10-9(15(16)17)6-13-11(12)14-10/h2-6H,1H3,(H2,12,13,14). The van der Waals surface area contributed by atoms with E-state index in [0.29, 0.717) is 4.90 Å². The van der Waals surface area contributed by atoms with Crippen LogP contribution >= 0.6 is 11.8 Å². The van der Waals surface area contributed by atoms with Gasteiger partial charge in [-0.1, -0.05) is 11.8 Å². The van der Waals surface area contributed by atoms with Gasteiger partial charge in [-0.2, -0.15) is 4.98 Å². The third kappa shape index (κ3) is 3.67. The molecule has 0 fully saturated rings. The first-order valence-electron chi connectivity index (χ1n) is 5.52. The van der Waals surface area contributed by atoms with Gasteiger partial charge in [-0.05, 0) is 24.3 Å². The van der Waals surface area contributed by atoms with Crippen LogP contribution in [0.1, 0.15) is 0 Å². The lowest BCUT2D eigenvalue weighted by molar-refractivity contribution is -0.388. The van der Waals surface area contributed by atoms with E-state index in [2.05, 4.69) is 9.97 Å². The Kier molecular flexibility index (Phi) is 4.09. The summed E-state index contributed by atoms with van der Waals surface area (Å²) in [6.07, 6.45) is 2.14. The summed E-state index contributed by atoms with van der Waals surface area (Å²) >= 11 is 1.01. The Morgan fingerprint density at radius 1 is 1.29 bits per heavy atom. The first kappa shape index (κ1) is 15.2. The maximum Gasteiger partial charge on any atom is 0.320 e. The maximum atomic E-state index is 11.4. The zero-order chi connectivity index (χ0) is 15.6. The second-order valence-corrected chi connectivity index (χ2v) is 7.10. The van der Waals surface area contributed by atoms with Gasteiger partial charge in [0.05, 0.1) is 9.82 Å². The number of sulfone groups is 1. The van der Waals surface area contributed by atoms with Crippen molar-refractivity contribution in [1.82, 2.24) is 9.97 Å². The lowest BCUT2D eigenvalue weighted by Crippen LogP contribution is -2.00. The summed E-state index contributed by atoms with van der Waals surface area (Å²) in [7, 11) is -3.28. The molecule has 0 unspecified atom stereocenters. The fourth-order valence-corrected chi connectivity index (χ4v) is 2.94. The summed E-state index contributed by atoms with van der Waals surface area (Å²) in [5.41, 5.74) is 5.16. The molecule has 0 amide bonds. The highest BCUT2D eigenvalue weighted by Crippen LogP contribution is 2.33. The zero-order valence-corrected chi connectivity index (χ0v) is 12.4. The summed E-state index contributed by atoms with van der Waals surface area (Å²) in [5, 5.41) is 11.0. The Hall–Kier alpha value is -2.20. The van der Waals surface area contributed by atoms with Crippen molar-refractivity contribution in [2.24, 2.45) is 0 Å². The normalized spacial score (nSPS) is 11.3. The van der Waals surface area contributed by atoms with Gasteiger partial charge in [-0.25, -0.2) is 13.4 Å². The molecule has 10 heteroatoms. The smallest absolute Gasteiger partial charge is 0.320 e. The van der Waals surface area contributed by atoms with Crippen molar-refractivity contribution < 1.29 is 13.3 Å². The minimum absolute atomic E-state index is 0.0733. The van der Waals surface area contributed by atoms with Crippen molar-refractivity contribution in [3.8, 4) is 0 Å². The Labute approximate surface area is 124 Å². The van der Waals surface area contributed by atoms with Crippen molar-refractivity contribution in [3.05, 3.63) is 40.6 Å². The number of aromatic nitrogens is 2. The van der Waals surface area contributed by atoms with Crippen LogP contribution in [0.4, 0.5) is 11.6 Å². The number of nitrogens with two attached hydrogens (primary N) is 1. The molecule has 0 saturated carbocycles. The summed E-state index contributed by atoms with van der Waals surface area (Å²) in [4.78, 5) is 18.5. The number of benzene rings is 1. The SMILES string of the molecule is CS(=O)(=O)c1ccc(Sc2nc(N)ncc2[N+](=O)[O-])cc1. The van der Waals surface area contributed by atoms with Gasteiger partial charge in [0, 0.05) is 11.2 Å². The van der Waals surface area contributed by atoms with Crippen LogP contribution in [0.2, 0.25) is 0 Å². The molecule has 1 aromatic heterocycles. The van der Waals surface area contributed by atoms with Crippen LogP contribution in [-0.2, 0) is 9.84 Å². The van der Waals surface area contributed by atoms with E-state index < -0.39 is 14.8 Å². The third-order valence-electron chi connectivity index (χ3n) is 2.42. The average molecular weight is 326 g/mol. The van der Waals surface area contributed by atoms with Crippen LogP contribution in [0.5, 0.6) is 0 Å². The number of hydrogen-bond donors (Lipinski definition) is 1. The molecule has 0 aliphatic rings. The van der Waals surface area contributed by atoms with Gasteiger partial charge in [0.2, 0.25) is 5.95 Å². The first-order valence-corrected chi connectivity index (χ1v) is 8.23. The number of hydrogen-bond acceptors (Lipinski definition) is 8. The first-order chi connectivity index (χ1) is 9.77. The molecule has 0 bridgehead atoms. The Morgan fingerprint density at radius 3 is 2.43 bits per heavy atom. The number of anilines is 1. The van der Waals surface area contributed by atoms with Crippen LogP contribution in [0, 0.1) is 10.1 Å². The maximum absolute atomic E-state index is 11.4. The summed E-state index contributed by atoms with van der Waals surface area (Å²) in [5.74, 6) is -0.0733. The average Bonchev–Trinajstić information content (AvgIpc) is 2.38. The van der Waals surface area contributed by atoms with E-state index in [9.17, 15) is 18.5 Å². The van der Waals surface area contributed by atoms with E-state index in [1.807, 2.05) is 0 Å². The fourth-order valence-electron chi connectivity index (χ4n) is 1.44. The lowest BCUT2D eigenvalue weighted by Gasteiger charge is -2.04. The number of nitrogen functional groups attached to an aromatic ring is 1. The van der Waals surface area contributed by atoms with E-state index >= 15 is 0 Å². The number of nitrogens with zero attached hydrogens (tertiary/aromatic N) is 3. The molecule has 0 atom stereocenters. The molecule has 2 aromatic rings. The molecule has 21 heavy (non-hydrogen) atoms. The van der Waals surface area contributed by atoms with Gasteiger partial charge in [-0.15, -0.1) is 0 Å². The molecule has 0 spiro atoms. The molecule has 0 saturated heterocycles. The minimum atomic E-state index is -3.28. The van der Waals surface area contributed by atoms with E-state index in [0.717, 1.165) is 24.2 Å². The summed E-state index contributed by atoms with van der Waals surface area (Å²) in [6, 6.07) is 5.94. The third-order valence-corrected chi connectivity index (χ3v) is 4.55. The second-order valence-electron chi connectivity index (χ2n) is 4.02. The largest absolute Gasteiger partial charge is 0.368 e. The Bertz CT molecular complexity index is 790. The molecule has 0 aliphatic carbocycles. The van der Waals surface area contributed by atoms with Crippen LogP contribution in [0.15, 0.2) is 45.3 Å². The molecular weight excluding hydrogens is 316 g/mol. The van der Waals surface area contributed by atoms with E-state index in [-0.39, 0.29) is 21.6 Å². The predicted molar refractivity (Wildman–Crippen MR) is 76.8 cm³/mol. The molecule has 8 nitrogen and oxygen atoms in total.